The molecule has 0 bridgehead atoms. The van der Waals surface area contributed by atoms with E-state index in [1.54, 1.807) is 19.1 Å². The summed E-state index contributed by atoms with van der Waals surface area (Å²) < 4.78 is 5.35. The second-order valence-electron chi connectivity index (χ2n) is 6.19. The number of phenolic OH excluding ortho intramolecular Hbond substituents is 2. The molecule has 1 aliphatic heterocycles. The summed E-state index contributed by atoms with van der Waals surface area (Å²) in [5.74, 6) is -1.15. The number of rotatable bonds is 0. The first kappa shape index (κ1) is 18.3. The summed E-state index contributed by atoms with van der Waals surface area (Å²) in [6.07, 6.45) is 3.75. The number of ether oxygens (including phenoxy) is 1. The van der Waals surface area contributed by atoms with Gasteiger partial charge in [-0.1, -0.05) is 12.2 Å². The van der Waals surface area contributed by atoms with Crippen LogP contribution in [-0.2, 0) is 4.74 Å². The van der Waals surface area contributed by atoms with Crippen molar-refractivity contribution in [2.24, 2.45) is 0 Å². The molecule has 1 aromatic rings. The minimum Gasteiger partial charge on any atom is -0.508 e. The Hall–Kier alpha value is -2.05. The third-order valence-electron chi connectivity index (χ3n) is 4.13. The molecule has 6 nitrogen and oxygen atoms in total. The van der Waals surface area contributed by atoms with Gasteiger partial charge >= 0.3 is 5.97 Å². The van der Waals surface area contributed by atoms with Crippen LogP contribution in [0.25, 0.3) is 6.08 Å². The highest BCUT2D eigenvalue weighted by atomic mass is 16.5. The van der Waals surface area contributed by atoms with Gasteiger partial charge in [-0.25, -0.2) is 4.79 Å². The molecule has 0 amide bonds. The average Bonchev–Trinajstić information content (AvgIpc) is 2.49. The number of phenols is 2. The van der Waals surface area contributed by atoms with Crippen molar-refractivity contribution >= 4 is 12.0 Å². The summed E-state index contributed by atoms with van der Waals surface area (Å²) >= 11 is 0. The van der Waals surface area contributed by atoms with Crippen LogP contribution in [0.1, 0.15) is 54.9 Å². The number of esters is 1. The van der Waals surface area contributed by atoms with Crippen LogP contribution >= 0.6 is 0 Å². The second kappa shape index (κ2) is 8.17. The first-order valence-corrected chi connectivity index (χ1v) is 8.18. The quantitative estimate of drug-likeness (QED) is 0.542. The Balaban J connectivity index is 2.32. The topological polar surface area (TPSA) is 107 Å². The summed E-state index contributed by atoms with van der Waals surface area (Å²) in [7, 11) is 0. The lowest BCUT2D eigenvalue weighted by Crippen LogP contribution is -2.26. The van der Waals surface area contributed by atoms with Crippen molar-refractivity contribution in [1.29, 1.82) is 0 Å². The van der Waals surface area contributed by atoms with Crippen molar-refractivity contribution < 1.29 is 30.0 Å². The summed E-state index contributed by atoms with van der Waals surface area (Å²) in [5.41, 5.74) is 0.352. The number of aliphatic hydroxyl groups excluding tert-OH is 2. The van der Waals surface area contributed by atoms with Crippen LogP contribution in [0.4, 0.5) is 0 Å². The molecule has 0 fully saturated rings. The molecule has 132 valence electrons. The molecule has 2 rings (SSSR count). The van der Waals surface area contributed by atoms with Crippen LogP contribution in [0.3, 0.4) is 0 Å². The smallest absolute Gasteiger partial charge is 0.342 e. The fourth-order valence-electron chi connectivity index (χ4n) is 2.76. The SMILES string of the molecule is C[C@H]1CCC[C@H](O)[C@@H](O)CC/C=C/c2cc(O)cc(O)c2C(=O)O1. The van der Waals surface area contributed by atoms with Gasteiger partial charge in [-0.05, 0) is 50.7 Å². The maximum Gasteiger partial charge on any atom is 0.342 e. The molecule has 24 heavy (non-hydrogen) atoms. The van der Waals surface area contributed by atoms with E-state index in [1.807, 2.05) is 0 Å². The van der Waals surface area contributed by atoms with Gasteiger partial charge in [-0.15, -0.1) is 0 Å². The lowest BCUT2D eigenvalue weighted by molar-refractivity contribution is 0.00511. The van der Waals surface area contributed by atoms with Crippen LogP contribution < -0.4 is 0 Å². The van der Waals surface area contributed by atoms with E-state index in [1.165, 1.54) is 6.07 Å². The number of hydrogen-bond donors (Lipinski definition) is 4. The third-order valence-corrected chi connectivity index (χ3v) is 4.13. The largest absolute Gasteiger partial charge is 0.508 e. The van der Waals surface area contributed by atoms with Crippen LogP contribution in [0.5, 0.6) is 11.5 Å². The van der Waals surface area contributed by atoms with E-state index in [9.17, 15) is 25.2 Å². The molecular weight excluding hydrogens is 312 g/mol. The van der Waals surface area contributed by atoms with Gasteiger partial charge in [-0.3, -0.25) is 0 Å². The number of allylic oxidation sites excluding steroid dienone is 1. The standard InChI is InChI=1S/C18H24O6/c1-11-5-4-8-15(21)14(20)7-3-2-6-12-9-13(19)10-16(22)17(12)18(23)24-11/h2,6,9-11,14-15,19-22H,3-5,7-8H2,1H3/b6-2+/t11-,14-,15-/m0/s1. The number of aliphatic hydroxyl groups is 2. The lowest BCUT2D eigenvalue weighted by Gasteiger charge is -2.19. The highest BCUT2D eigenvalue weighted by molar-refractivity contribution is 5.97. The zero-order valence-corrected chi connectivity index (χ0v) is 13.7. The number of cyclic esters (lactones) is 1. The molecule has 0 radical (unpaired) electrons. The van der Waals surface area contributed by atoms with Crippen LogP contribution in [0.15, 0.2) is 18.2 Å². The van der Waals surface area contributed by atoms with Gasteiger partial charge in [0.15, 0.2) is 0 Å². The molecule has 0 saturated carbocycles. The lowest BCUT2D eigenvalue weighted by atomic mass is 10.00. The minimum atomic E-state index is -0.813. The van der Waals surface area contributed by atoms with Crippen molar-refractivity contribution in [2.75, 3.05) is 0 Å². The number of carbonyl (C=O) groups excluding carboxylic acids is 1. The molecule has 6 heteroatoms. The summed E-state index contributed by atoms with van der Waals surface area (Å²) in [6.45, 7) is 1.74. The zero-order chi connectivity index (χ0) is 17.7. The van der Waals surface area contributed by atoms with Gasteiger partial charge in [0, 0.05) is 6.07 Å². The van der Waals surface area contributed by atoms with Crippen molar-refractivity contribution in [3.8, 4) is 11.5 Å². The Kier molecular flexibility index (Phi) is 6.23. The highest BCUT2D eigenvalue weighted by Gasteiger charge is 2.22. The normalized spacial score (nSPS) is 27.6. The third kappa shape index (κ3) is 4.72. The fraction of sp³-hybridized carbons (Fsp3) is 0.500. The number of benzene rings is 1. The first-order chi connectivity index (χ1) is 11.4. The monoisotopic (exact) mass is 336 g/mol. The maximum atomic E-state index is 12.3. The molecule has 0 spiro atoms. The van der Waals surface area contributed by atoms with E-state index in [0.717, 1.165) is 6.07 Å². The predicted molar refractivity (Wildman–Crippen MR) is 88.8 cm³/mol. The second-order valence-corrected chi connectivity index (χ2v) is 6.19. The molecule has 1 heterocycles. The molecule has 1 aliphatic rings. The van der Waals surface area contributed by atoms with E-state index in [4.69, 9.17) is 4.74 Å². The average molecular weight is 336 g/mol. The van der Waals surface area contributed by atoms with E-state index < -0.39 is 24.3 Å². The van der Waals surface area contributed by atoms with Crippen molar-refractivity contribution in [3.05, 3.63) is 29.3 Å². The first-order valence-electron chi connectivity index (χ1n) is 8.18. The summed E-state index contributed by atoms with van der Waals surface area (Å²) in [4.78, 5) is 12.3. The Morgan fingerprint density at radius 2 is 1.79 bits per heavy atom. The minimum absolute atomic E-state index is 0.00791. The van der Waals surface area contributed by atoms with Gasteiger partial charge in [0.25, 0.3) is 0 Å². The molecule has 0 aliphatic carbocycles. The molecular formula is C18H24O6. The van der Waals surface area contributed by atoms with E-state index in [2.05, 4.69) is 0 Å². The molecule has 1 aromatic carbocycles. The fourth-order valence-corrected chi connectivity index (χ4v) is 2.76. The van der Waals surface area contributed by atoms with Gasteiger partial charge in [-0.2, -0.15) is 0 Å². The van der Waals surface area contributed by atoms with Gasteiger partial charge in [0.2, 0.25) is 0 Å². The van der Waals surface area contributed by atoms with Crippen LogP contribution in [-0.4, -0.2) is 44.7 Å². The number of fused-ring (bicyclic) bond motifs is 1. The summed E-state index contributed by atoms with van der Waals surface area (Å²) in [5, 5.41) is 39.5. The van der Waals surface area contributed by atoms with Crippen molar-refractivity contribution in [1.82, 2.24) is 0 Å². The molecule has 0 unspecified atom stereocenters. The van der Waals surface area contributed by atoms with Gasteiger partial charge < -0.3 is 25.2 Å². The van der Waals surface area contributed by atoms with Crippen molar-refractivity contribution in [3.63, 3.8) is 0 Å². The van der Waals surface area contributed by atoms with Gasteiger partial charge in [0.1, 0.15) is 17.1 Å². The summed E-state index contributed by atoms with van der Waals surface area (Å²) in [6, 6.07) is 2.47. The molecule has 4 N–H and O–H groups in total. The Morgan fingerprint density at radius 1 is 1.08 bits per heavy atom. The Labute approximate surface area is 141 Å². The van der Waals surface area contributed by atoms with E-state index in [-0.39, 0.29) is 17.1 Å². The number of aromatic hydroxyl groups is 2. The number of carbonyl (C=O) groups is 1. The predicted octanol–water partition coefficient (Wildman–Crippen LogP) is 2.34. The van der Waals surface area contributed by atoms with Crippen molar-refractivity contribution in [2.45, 2.75) is 57.3 Å². The highest BCUT2D eigenvalue weighted by Crippen LogP contribution is 2.30. The number of hydrogen-bond acceptors (Lipinski definition) is 6. The Bertz CT molecular complexity index is 610. The van der Waals surface area contributed by atoms with Crippen LogP contribution in [0, 0.1) is 0 Å². The van der Waals surface area contributed by atoms with E-state index in [0.29, 0.717) is 37.7 Å². The molecule has 3 atom stereocenters. The maximum absolute atomic E-state index is 12.3. The molecule has 0 saturated heterocycles. The van der Waals surface area contributed by atoms with Crippen LogP contribution in [0.2, 0.25) is 0 Å². The Morgan fingerprint density at radius 3 is 2.54 bits per heavy atom. The molecule has 0 aromatic heterocycles. The van der Waals surface area contributed by atoms with E-state index >= 15 is 0 Å². The van der Waals surface area contributed by atoms with Gasteiger partial charge in [0.05, 0.1) is 18.3 Å². The zero-order valence-electron chi connectivity index (χ0n) is 13.7.